The fraction of sp³-hybridized carbons (Fsp3) is 0.643. The number of aromatic nitrogens is 1. The van der Waals surface area contributed by atoms with Crippen molar-refractivity contribution in [2.45, 2.75) is 6.54 Å². The monoisotopic (exact) mass is 326 g/mol. The van der Waals surface area contributed by atoms with Gasteiger partial charge in [0, 0.05) is 52.0 Å². The highest BCUT2D eigenvalue weighted by Gasteiger charge is 2.33. The van der Waals surface area contributed by atoms with E-state index in [1.165, 1.54) is 4.31 Å². The lowest BCUT2D eigenvalue weighted by Crippen LogP contribution is -2.54. The highest BCUT2D eigenvalue weighted by atomic mass is 32.2. The molecular formula is C14H22N4O3S. The molecule has 0 amide bonds. The Morgan fingerprint density at radius 2 is 1.68 bits per heavy atom. The summed E-state index contributed by atoms with van der Waals surface area (Å²) >= 11 is 0. The second kappa shape index (κ2) is 7.01. The molecule has 8 heteroatoms. The van der Waals surface area contributed by atoms with E-state index in [4.69, 9.17) is 4.74 Å². The zero-order valence-corrected chi connectivity index (χ0v) is 13.4. The van der Waals surface area contributed by atoms with Crippen LogP contribution in [-0.2, 0) is 21.5 Å². The lowest BCUT2D eigenvalue weighted by Gasteiger charge is -2.37. The van der Waals surface area contributed by atoms with Crippen molar-refractivity contribution in [2.75, 3.05) is 52.5 Å². The van der Waals surface area contributed by atoms with E-state index < -0.39 is 10.2 Å². The molecule has 7 nitrogen and oxygen atoms in total. The van der Waals surface area contributed by atoms with Crippen LogP contribution in [0.25, 0.3) is 0 Å². The fourth-order valence-corrected chi connectivity index (χ4v) is 4.34. The van der Waals surface area contributed by atoms with E-state index in [0.29, 0.717) is 39.4 Å². The van der Waals surface area contributed by atoms with E-state index >= 15 is 0 Å². The average Bonchev–Trinajstić information content (AvgIpc) is 2.57. The van der Waals surface area contributed by atoms with Crippen LogP contribution in [0.2, 0.25) is 0 Å². The summed E-state index contributed by atoms with van der Waals surface area (Å²) in [5, 5.41) is 0. The SMILES string of the molecule is O=S(=O)(N1CCOCC1)N1CCN(Cc2ccccn2)CC1. The highest BCUT2D eigenvalue weighted by molar-refractivity contribution is 7.86. The molecule has 0 aliphatic carbocycles. The molecule has 2 aliphatic rings. The lowest BCUT2D eigenvalue weighted by atomic mass is 10.3. The number of pyridine rings is 1. The van der Waals surface area contributed by atoms with Crippen molar-refractivity contribution in [3.63, 3.8) is 0 Å². The molecule has 3 rings (SSSR count). The van der Waals surface area contributed by atoms with Gasteiger partial charge >= 0.3 is 0 Å². The maximum Gasteiger partial charge on any atom is 0.282 e. The minimum Gasteiger partial charge on any atom is -0.379 e. The number of morpholine rings is 1. The minimum absolute atomic E-state index is 0.455. The van der Waals surface area contributed by atoms with E-state index in [0.717, 1.165) is 25.3 Å². The molecule has 2 aliphatic heterocycles. The molecule has 0 saturated carbocycles. The molecule has 2 saturated heterocycles. The molecular weight excluding hydrogens is 304 g/mol. The molecule has 0 N–H and O–H groups in total. The van der Waals surface area contributed by atoms with Gasteiger partial charge in [-0.05, 0) is 12.1 Å². The highest BCUT2D eigenvalue weighted by Crippen LogP contribution is 2.15. The molecule has 0 aromatic carbocycles. The van der Waals surface area contributed by atoms with Crippen molar-refractivity contribution < 1.29 is 13.2 Å². The van der Waals surface area contributed by atoms with Crippen LogP contribution >= 0.6 is 0 Å². The first-order valence-corrected chi connectivity index (χ1v) is 9.01. The molecule has 1 aromatic heterocycles. The molecule has 2 fully saturated rings. The van der Waals surface area contributed by atoms with Gasteiger partial charge in [-0.1, -0.05) is 6.07 Å². The number of hydrogen-bond acceptors (Lipinski definition) is 5. The van der Waals surface area contributed by atoms with Crippen LogP contribution in [-0.4, -0.2) is 79.4 Å². The molecule has 0 unspecified atom stereocenters. The van der Waals surface area contributed by atoms with Gasteiger partial charge in [0.1, 0.15) is 0 Å². The number of hydrogen-bond donors (Lipinski definition) is 0. The van der Waals surface area contributed by atoms with E-state index in [2.05, 4.69) is 9.88 Å². The fourth-order valence-electron chi connectivity index (χ4n) is 2.78. The van der Waals surface area contributed by atoms with Crippen LogP contribution in [0.3, 0.4) is 0 Å². The minimum atomic E-state index is -3.34. The van der Waals surface area contributed by atoms with Gasteiger partial charge in [0.05, 0.1) is 18.9 Å². The Kier molecular flexibility index (Phi) is 5.04. The number of rotatable bonds is 4. The zero-order chi connectivity index (χ0) is 15.4. The molecule has 0 spiro atoms. The van der Waals surface area contributed by atoms with Gasteiger partial charge in [-0.3, -0.25) is 9.88 Å². The number of piperazine rings is 1. The molecule has 3 heterocycles. The first-order valence-electron chi connectivity index (χ1n) is 7.61. The summed E-state index contributed by atoms with van der Waals surface area (Å²) in [6.45, 7) is 5.19. The van der Waals surface area contributed by atoms with Gasteiger partial charge < -0.3 is 4.74 Å². The lowest BCUT2D eigenvalue weighted by molar-refractivity contribution is 0.0683. The number of nitrogens with zero attached hydrogens (tertiary/aromatic N) is 4. The summed E-state index contributed by atoms with van der Waals surface area (Å²) in [4.78, 5) is 6.56. The maximum absolute atomic E-state index is 12.6. The van der Waals surface area contributed by atoms with Crippen molar-refractivity contribution in [1.82, 2.24) is 18.5 Å². The summed E-state index contributed by atoms with van der Waals surface area (Å²) < 4.78 is 33.5. The molecule has 122 valence electrons. The van der Waals surface area contributed by atoms with Crippen molar-refractivity contribution in [3.8, 4) is 0 Å². The van der Waals surface area contributed by atoms with Gasteiger partial charge in [-0.2, -0.15) is 17.0 Å². The first kappa shape index (κ1) is 15.8. The van der Waals surface area contributed by atoms with Crippen molar-refractivity contribution >= 4 is 10.2 Å². The Bertz CT molecular complexity index is 567. The van der Waals surface area contributed by atoms with E-state index in [1.54, 1.807) is 10.5 Å². The summed E-state index contributed by atoms with van der Waals surface area (Å²) in [6.07, 6.45) is 1.79. The van der Waals surface area contributed by atoms with Gasteiger partial charge in [0.15, 0.2) is 0 Å². The van der Waals surface area contributed by atoms with Crippen LogP contribution in [0.1, 0.15) is 5.69 Å². The van der Waals surface area contributed by atoms with Gasteiger partial charge in [-0.25, -0.2) is 0 Å². The van der Waals surface area contributed by atoms with Crippen LogP contribution in [0.5, 0.6) is 0 Å². The summed E-state index contributed by atoms with van der Waals surface area (Å²) in [7, 11) is -3.34. The molecule has 1 aromatic rings. The van der Waals surface area contributed by atoms with E-state index in [1.807, 2.05) is 18.2 Å². The predicted octanol–water partition coefficient (Wildman–Crippen LogP) is -0.224. The molecule has 0 radical (unpaired) electrons. The summed E-state index contributed by atoms with van der Waals surface area (Å²) in [5.74, 6) is 0. The largest absolute Gasteiger partial charge is 0.379 e. The normalized spacial score (nSPS) is 22.7. The van der Waals surface area contributed by atoms with Crippen molar-refractivity contribution in [1.29, 1.82) is 0 Å². The Morgan fingerprint density at radius 3 is 2.32 bits per heavy atom. The molecule has 22 heavy (non-hydrogen) atoms. The van der Waals surface area contributed by atoms with Crippen LogP contribution in [0.15, 0.2) is 24.4 Å². The van der Waals surface area contributed by atoms with E-state index in [-0.39, 0.29) is 0 Å². The second-order valence-corrected chi connectivity index (χ2v) is 7.44. The van der Waals surface area contributed by atoms with Gasteiger partial charge in [0.25, 0.3) is 10.2 Å². The summed E-state index contributed by atoms with van der Waals surface area (Å²) in [5.41, 5.74) is 1.02. The smallest absolute Gasteiger partial charge is 0.282 e. The Hall–Kier alpha value is -1.06. The zero-order valence-electron chi connectivity index (χ0n) is 12.6. The first-order chi connectivity index (χ1) is 10.7. The third kappa shape index (κ3) is 3.64. The van der Waals surface area contributed by atoms with E-state index in [9.17, 15) is 8.42 Å². The standard InChI is InChI=1S/C14H22N4O3S/c19-22(20,18-9-11-21-12-10-18)17-7-5-16(6-8-17)13-14-3-1-2-4-15-14/h1-4H,5-13H2. The molecule has 0 atom stereocenters. The predicted molar refractivity (Wildman–Crippen MR) is 82.4 cm³/mol. The summed E-state index contributed by atoms with van der Waals surface area (Å²) in [6, 6.07) is 5.87. The van der Waals surface area contributed by atoms with Gasteiger partial charge in [-0.15, -0.1) is 0 Å². The average molecular weight is 326 g/mol. The van der Waals surface area contributed by atoms with Gasteiger partial charge in [0.2, 0.25) is 0 Å². The Labute approximate surface area is 131 Å². The number of ether oxygens (including phenoxy) is 1. The van der Waals surface area contributed by atoms with Crippen molar-refractivity contribution in [3.05, 3.63) is 30.1 Å². The Balaban J connectivity index is 1.54. The van der Waals surface area contributed by atoms with Crippen LogP contribution in [0, 0.1) is 0 Å². The third-order valence-corrected chi connectivity index (χ3v) is 6.10. The van der Waals surface area contributed by atoms with Crippen LogP contribution < -0.4 is 0 Å². The second-order valence-electron chi connectivity index (χ2n) is 5.52. The van der Waals surface area contributed by atoms with Crippen LogP contribution in [0.4, 0.5) is 0 Å². The Morgan fingerprint density at radius 1 is 1.00 bits per heavy atom. The molecule has 0 bridgehead atoms. The quantitative estimate of drug-likeness (QED) is 0.765. The van der Waals surface area contributed by atoms with Crippen molar-refractivity contribution in [2.24, 2.45) is 0 Å². The maximum atomic E-state index is 12.6. The third-order valence-electron chi connectivity index (χ3n) is 4.07. The topological polar surface area (TPSA) is 66.0 Å².